The number of anilines is 1. The monoisotopic (exact) mass is 626 g/mol. The molecule has 10 nitrogen and oxygen atoms in total. The molecule has 1 saturated heterocycles. The predicted octanol–water partition coefficient (Wildman–Crippen LogP) is 4.84. The molecule has 0 radical (unpaired) electrons. The number of ether oxygens (including phenoxy) is 1. The smallest absolute Gasteiger partial charge is 0.410 e. The third-order valence-electron chi connectivity index (χ3n) is 8.74. The number of alkyl halides is 2. The molecule has 0 aliphatic carbocycles. The van der Waals surface area contributed by atoms with E-state index in [-0.39, 0.29) is 56.9 Å². The molecule has 1 aromatic carbocycles. The number of fused-ring (bicyclic) bond motifs is 2. The lowest BCUT2D eigenvalue weighted by atomic mass is 9.91. The predicted molar refractivity (Wildman–Crippen MR) is 165 cm³/mol. The van der Waals surface area contributed by atoms with E-state index >= 15 is 0 Å². The first-order valence-electron chi connectivity index (χ1n) is 15.7. The average molecular weight is 627 g/mol. The van der Waals surface area contributed by atoms with Gasteiger partial charge in [0.05, 0.1) is 17.9 Å². The minimum absolute atomic E-state index is 0.0516. The van der Waals surface area contributed by atoms with Crippen LogP contribution >= 0.6 is 0 Å². The van der Waals surface area contributed by atoms with E-state index in [9.17, 15) is 23.2 Å². The van der Waals surface area contributed by atoms with Gasteiger partial charge in [-0.3, -0.25) is 14.5 Å². The minimum atomic E-state index is -3.17. The molecule has 2 atom stereocenters. The number of hydrogen-bond acceptors (Lipinski definition) is 7. The zero-order valence-electron chi connectivity index (χ0n) is 27.3. The highest BCUT2D eigenvalue weighted by atomic mass is 19.3. The van der Waals surface area contributed by atoms with E-state index in [0.29, 0.717) is 24.5 Å². The summed E-state index contributed by atoms with van der Waals surface area (Å²) in [7, 11) is 0. The summed E-state index contributed by atoms with van der Waals surface area (Å²) < 4.78 is 35.4. The Morgan fingerprint density at radius 2 is 1.69 bits per heavy atom. The third-order valence-corrected chi connectivity index (χ3v) is 8.74. The molecule has 3 aliphatic heterocycles. The summed E-state index contributed by atoms with van der Waals surface area (Å²) >= 11 is 0. The Morgan fingerprint density at radius 1 is 1.04 bits per heavy atom. The second-order valence-corrected chi connectivity index (χ2v) is 14.2. The Bertz CT molecular complexity index is 1450. The molecule has 0 bridgehead atoms. The van der Waals surface area contributed by atoms with Crippen LogP contribution in [0.4, 0.5) is 19.3 Å². The first-order chi connectivity index (χ1) is 21.0. The first-order valence-corrected chi connectivity index (χ1v) is 15.7. The molecule has 1 fully saturated rings. The van der Waals surface area contributed by atoms with E-state index in [4.69, 9.17) is 4.74 Å². The Morgan fingerprint density at radius 3 is 2.29 bits per heavy atom. The molecule has 3 amide bonds. The maximum Gasteiger partial charge on any atom is 0.410 e. The van der Waals surface area contributed by atoms with E-state index in [1.165, 1.54) is 11.0 Å². The molecule has 0 unspecified atom stereocenters. The van der Waals surface area contributed by atoms with Gasteiger partial charge < -0.3 is 19.4 Å². The lowest BCUT2D eigenvalue weighted by molar-refractivity contribution is -0.142. The van der Waals surface area contributed by atoms with Crippen molar-refractivity contribution in [3.05, 3.63) is 52.8 Å². The Hall–Kier alpha value is -3.67. The SMILES string of the molecule is CCCC(F)(F)c1cc2c(nn1)C(C)(C)CN2C(=O)CN1C[C@@H](C)N(C(=O)OC(C)(C)C)C[C@H]1C(=O)N1Cc2ccccc2C1. The number of hydrogen-bond donors (Lipinski definition) is 0. The number of halogens is 2. The van der Waals surface area contributed by atoms with Crippen molar-refractivity contribution < 1.29 is 27.9 Å². The number of rotatable bonds is 6. The van der Waals surface area contributed by atoms with E-state index < -0.39 is 34.8 Å². The molecular formula is C33H44F2N6O4. The quantitative estimate of drug-likeness (QED) is 0.452. The molecule has 0 saturated carbocycles. The molecular weight excluding hydrogens is 582 g/mol. The number of amides is 3. The second-order valence-electron chi connectivity index (χ2n) is 14.2. The summed E-state index contributed by atoms with van der Waals surface area (Å²) in [6, 6.07) is 8.00. The van der Waals surface area contributed by atoms with Crippen molar-refractivity contribution in [1.29, 1.82) is 0 Å². The lowest BCUT2D eigenvalue weighted by Gasteiger charge is -2.45. The van der Waals surface area contributed by atoms with Gasteiger partial charge in [-0.05, 0) is 44.9 Å². The highest BCUT2D eigenvalue weighted by molar-refractivity contribution is 5.97. The van der Waals surface area contributed by atoms with Gasteiger partial charge in [0, 0.05) is 50.6 Å². The van der Waals surface area contributed by atoms with Gasteiger partial charge >= 0.3 is 6.09 Å². The molecule has 4 heterocycles. The van der Waals surface area contributed by atoms with E-state index in [1.54, 1.807) is 37.5 Å². The third kappa shape index (κ3) is 6.66. The van der Waals surface area contributed by atoms with Crippen molar-refractivity contribution in [1.82, 2.24) is 24.9 Å². The van der Waals surface area contributed by atoms with Crippen molar-refractivity contribution in [3.63, 3.8) is 0 Å². The number of piperazine rings is 1. The standard InChI is InChI=1S/C33H44F2N6O4/c1-8-13-33(34,35)26-14-24-28(37-36-26)32(6,7)20-41(24)27(42)19-38-15-21(2)40(30(44)45-31(3,4)5)18-25(38)29(43)39-16-22-11-9-10-12-23(22)17-39/h9-12,14,21,25H,8,13,15-20H2,1-7H3/t21-,25+/m1/s1. The van der Waals surface area contributed by atoms with Gasteiger partial charge in [-0.1, -0.05) is 51.5 Å². The zero-order valence-corrected chi connectivity index (χ0v) is 27.3. The van der Waals surface area contributed by atoms with Crippen molar-refractivity contribution in [2.45, 2.75) is 103 Å². The normalized spacial score (nSPS) is 21.5. The Kier molecular flexibility index (Phi) is 8.67. The van der Waals surface area contributed by atoms with Gasteiger partial charge in [-0.15, -0.1) is 5.10 Å². The number of carbonyl (C=O) groups excluding carboxylic acids is 3. The topological polar surface area (TPSA) is 99.2 Å². The maximum atomic E-state index is 14.9. The molecule has 1 aromatic heterocycles. The maximum absolute atomic E-state index is 14.9. The van der Waals surface area contributed by atoms with Gasteiger partial charge in [0.1, 0.15) is 17.3 Å². The van der Waals surface area contributed by atoms with Gasteiger partial charge in [-0.2, -0.15) is 13.9 Å². The zero-order chi connectivity index (χ0) is 32.9. The Labute approximate surface area is 263 Å². The molecule has 244 valence electrons. The summed E-state index contributed by atoms with van der Waals surface area (Å²) in [5, 5.41) is 8.02. The molecule has 12 heteroatoms. The number of nitrogens with zero attached hydrogens (tertiary/aromatic N) is 6. The van der Waals surface area contributed by atoms with Crippen molar-refractivity contribution in [2.75, 3.05) is 31.1 Å². The Balaban J connectivity index is 1.42. The van der Waals surface area contributed by atoms with Crippen LogP contribution in [0.5, 0.6) is 0 Å². The fourth-order valence-corrected chi connectivity index (χ4v) is 6.46. The van der Waals surface area contributed by atoms with Crippen LogP contribution in [0.2, 0.25) is 0 Å². The molecule has 45 heavy (non-hydrogen) atoms. The largest absolute Gasteiger partial charge is 0.444 e. The first kappa shape index (κ1) is 32.7. The van der Waals surface area contributed by atoms with Gasteiger partial charge in [0.2, 0.25) is 11.8 Å². The summed E-state index contributed by atoms with van der Waals surface area (Å²) in [4.78, 5) is 48.0. The van der Waals surface area contributed by atoms with Gasteiger partial charge in [0.15, 0.2) is 0 Å². The fourth-order valence-electron chi connectivity index (χ4n) is 6.46. The van der Waals surface area contributed by atoms with Crippen LogP contribution in [0, 0.1) is 0 Å². The van der Waals surface area contributed by atoms with Crippen LogP contribution in [0.15, 0.2) is 30.3 Å². The molecule has 5 rings (SSSR count). The number of carbonyl (C=O) groups is 3. The highest BCUT2D eigenvalue weighted by Crippen LogP contribution is 2.42. The summed E-state index contributed by atoms with van der Waals surface area (Å²) in [5.41, 5.74) is 1.16. The average Bonchev–Trinajstić information content (AvgIpc) is 3.50. The summed E-state index contributed by atoms with van der Waals surface area (Å²) in [6.45, 7) is 14.0. The number of benzene rings is 1. The van der Waals surface area contributed by atoms with Crippen LogP contribution in [0.25, 0.3) is 0 Å². The van der Waals surface area contributed by atoms with Gasteiger partial charge in [-0.25, -0.2) is 4.79 Å². The fraction of sp³-hybridized carbons (Fsp3) is 0.606. The van der Waals surface area contributed by atoms with Crippen LogP contribution in [-0.4, -0.2) is 86.7 Å². The molecule has 0 N–H and O–H groups in total. The van der Waals surface area contributed by atoms with Crippen molar-refractivity contribution >= 4 is 23.6 Å². The molecule has 3 aliphatic rings. The minimum Gasteiger partial charge on any atom is -0.444 e. The van der Waals surface area contributed by atoms with Crippen LogP contribution in [-0.2, 0) is 38.8 Å². The molecule has 2 aromatic rings. The number of aromatic nitrogens is 2. The second kappa shape index (κ2) is 11.9. The molecule has 0 spiro atoms. The van der Waals surface area contributed by atoms with Crippen molar-refractivity contribution in [3.8, 4) is 0 Å². The lowest BCUT2D eigenvalue weighted by Crippen LogP contribution is -2.64. The van der Waals surface area contributed by atoms with E-state index in [2.05, 4.69) is 10.2 Å². The van der Waals surface area contributed by atoms with Crippen LogP contribution in [0.1, 0.15) is 83.8 Å². The highest BCUT2D eigenvalue weighted by Gasteiger charge is 2.46. The van der Waals surface area contributed by atoms with Gasteiger partial charge in [0.25, 0.3) is 5.92 Å². The van der Waals surface area contributed by atoms with E-state index in [1.807, 2.05) is 49.9 Å². The summed E-state index contributed by atoms with van der Waals surface area (Å²) in [5.74, 6) is -3.69. The summed E-state index contributed by atoms with van der Waals surface area (Å²) in [6.07, 6.45) is -0.620. The van der Waals surface area contributed by atoms with Crippen molar-refractivity contribution in [2.24, 2.45) is 0 Å². The van der Waals surface area contributed by atoms with E-state index in [0.717, 1.165) is 11.1 Å². The van der Waals surface area contributed by atoms with Crippen LogP contribution < -0.4 is 4.90 Å². The van der Waals surface area contributed by atoms with Crippen LogP contribution in [0.3, 0.4) is 0 Å².